The molecule has 0 saturated carbocycles. The van der Waals surface area contributed by atoms with Crippen molar-refractivity contribution in [2.24, 2.45) is 5.73 Å². The van der Waals surface area contributed by atoms with Gasteiger partial charge in [0.1, 0.15) is 22.9 Å². The van der Waals surface area contributed by atoms with Gasteiger partial charge in [0.15, 0.2) is 0 Å². The topological polar surface area (TPSA) is 128 Å². The molecule has 0 aliphatic heterocycles. The van der Waals surface area contributed by atoms with Crippen LogP contribution in [0.2, 0.25) is 0 Å². The van der Waals surface area contributed by atoms with Crippen molar-refractivity contribution in [1.82, 2.24) is 0 Å². The minimum atomic E-state index is -3.71. The highest BCUT2D eigenvalue weighted by molar-refractivity contribution is 14.1. The van der Waals surface area contributed by atoms with E-state index >= 15 is 0 Å². The third kappa shape index (κ3) is 7.34. The van der Waals surface area contributed by atoms with Crippen molar-refractivity contribution in [2.45, 2.75) is 12.5 Å². The van der Waals surface area contributed by atoms with Crippen LogP contribution in [0.3, 0.4) is 0 Å². The average molecular weight is 556 g/mol. The molecule has 8 nitrogen and oxygen atoms in total. The zero-order valence-electron chi connectivity index (χ0n) is 15.7. The molecule has 1 atom stereocenters. The summed E-state index contributed by atoms with van der Waals surface area (Å²) in [6, 6.07) is 6.19. The lowest BCUT2D eigenvalue weighted by atomic mass is 10.1. The first-order valence-corrected chi connectivity index (χ1v) is 11.4. The molecule has 0 saturated heterocycles. The normalized spacial score (nSPS) is 12.4. The lowest BCUT2D eigenvalue weighted by Crippen LogP contribution is -2.21. The van der Waals surface area contributed by atoms with Gasteiger partial charge in [0.05, 0.1) is 36.9 Å². The SMILES string of the molecule is CS(=O)(=O)OCC(O)CCOc1cc(F)cc(Nc2ccc(I)cc2F)c1C(N)=O. The Morgan fingerprint density at radius 1 is 1.27 bits per heavy atom. The number of carbonyl (C=O) groups excluding carboxylic acids is 1. The molecule has 30 heavy (non-hydrogen) atoms. The molecule has 2 aromatic carbocycles. The van der Waals surface area contributed by atoms with Crippen molar-refractivity contribution < 1.29 is 36.0 Å². The summed E-state index contributed by atoms with van der Waals surface area (Å²) >= 11 is 1.93. The number of ether oxygens (including phenoxy) is 1. The van der Waals surface area contributed by atoms with Crippen LogP contribution in [-0.4, -0.2) is 45.0 Å². The second-order valence-corrected chi connectivity index (χ2v) is 9.11. The number of nitrogens with one attached hydrogen (secondary N) is 1. The molecule has 164 valence electrons. The fourth-order valence-corrected chi connectivity index (χ4v) is 3.23. The maximum Gasteiger partial charge on any atom is 0.264 e. The summed E-state index contributed by atoms with van der Waals surface area (Å²) < 4.78 is 60.5. The lowest BCUT2D eigenvalue weighted by Gasteiger charge is -2.17. The number of nitrogens with two attached hydrogens (primary N) is 1. The molecule has 0 aliphatic rings. The van der Waals surface area contributed by atoms with Crippen molar-refractivity contribution >= 4 is 50.0 Å². The average Bonchev–Trinajstić information content (AvgIpc) is 2.61. The molecule has 0 aromatic heterocycles. The van der Waals surface area contributed by atoms with Crippen LogP contribution in [0, 0.1) is 15.2 Å². The molecule has 1 amide bonds. The number of aliphatic hydroxyl groups is 1. The van der Waals surface area contributed by atoms with E-state index < -0.39 is 40.4 Å². The van der Waals surface area contributed by atoms with Gasteiger partial charge in [-0.3, -0.25) is 8.98 Å². The van der Waals surface area contributed by atoms with E-state index in [4.69, 9.17) is 10.5 Å². The number of rotatable bonds is 10. The van der Waals surface area contributed by atoms with Crippen LogP contribution < -0.4 is 15.8 Å². The van der Waals surface area contributed by atoms with Gasteiger partial charge in [0, 0.05) is 16.1 Å². The van der Waals surface area contributed by atoms with Gasteiger partial charge in [-0.05, 0) is 46.9 Å². The fourth-order valence-electron chi connectivity index (χ4n) is 2.37. The van der Waals surface area contributed by atoms with Gasteiger partial charge in [-0.15, -0.1) is 0 Å². The molecule has 2 rings (SSSR count). The Balaban J connectivity index is 2.18. The molecule has 1 unspecified atom stereocenters. The summed E-state index contributed by atoms with van der Waals surface area (Å²) in [5.74, 6) is -2.55. The number of benzene rings is 2. The highest BCUT2D eigenvalue weighted by Crippen LogP contribution is 2.31. The summed E-state index contributed by atoms with van der Waals surface area (Å²) in [7, 11) is -3.71. The Morgan fingerprint density at radius 2 is 1.97 bits per heavy atom. The zero-order chi connectivity index (χ0) is 22.5. The van der Waals surface area contributed by atoms with Crippen LogP contribution in [0.5, 0.6) is 5.75 Å². The Hall–Kier alpha value is -2.03. The van der Waals surface area contributed by atoms with Crippen LogP contribution in [0.4, 0.5) is 20.2 Å². The summed E-state index contributed by atoms with van der Waals surface area (Å²) in [4.78, 5) is 11.9. The Bertz CT molecular complexity index is 1040. The minimum Gasteiger partial charge on any atom is -0.492 e. The van der Waals surface area contributed by atoms with E-state index in [0.717, 1.165) is 18.4 Å². The van der Waals surface area contributed by atoms with E-state index in [1.54, 1.807) is 6.07 Å². The molecular weight excluding hydrogens is 537 g/mol. The second kappa shape index (κ2) is 10.3. The molecule has 2 aromatic rings. The fraction of sp³-hybridized carbons (Fsp3) is 0.278. The van der Waals surface area contributed by atoms with E-state index in [0.29, 0.717) is 3.57 Å². The second-order valence-electron chi connectivity index (χ2n) is 6.22. The number of halogens is 3. The van der Waals surface area contributed by atoms with Crippen LogP contribution >= 0.6 is 22.6 Å². The Kier molecular flexibility index (Phi) is 8.34. The lowest BCUT2D eigenvalue weighted by molar-refractivity contribution is 0.0880. The first kappa shape index (κ1) is 24.2. The van der Waals surface area contributed by atoms with Gasteiger partial charge in [0.25, 0.3) is 16.0 Å². The van der Waals surface area contributed by atoms with E-state index in [-0.39, 0.29) is 35.7 Å². The van der Waals surface area contributed by atoms with E-state index in [2.05, 4.69) is 9.50 Å². The molecule has 0 fully saturated rings. The van der Waals surface area contributed by atoms with Gasteiger partial charge < -0.3 is 20.9 Å². The molecule has 0 spiro atoms. The number of amides is 1. The van der Waals surface area contributed by atoms with Crippen LogP contribution in [0.15, 0.2) is 30.3 Å². The first-order valence-electron chi connectivity index (χ1n) is 8.47. The van der Waals surface area contributed by atoms with E-state index in [9.17, 15) is 27.1 Å². The van der Waals surface area contributed by atoms with Gasteiger partial charge in [-0.25, -0.2) is 8.78 Å². The van der Waals surface area contributed by atoms with Crippen molar-refractivity contribution in [1.29, 1.82) is 0 Å². The van der Waals surface area contributed by atoms with Crippen molar-refractivity contribution in [3.8, 4) is 5.75 Å². The third-order valence-electron chi connectivity index (χ3n) is 3.70. The standard InChI is InChI=1S/C18H19F2IN2O6S/c1-30(26,27)29-9-12(24)4-5-28-16-7-10(19)6-15(17(16)18(22)25)23-14-3-2-11(21)8-13(14)20/h2-3,6-8,12,23-24H,4-5,9H2,1H3,(H2,22,25). The van der Waals surface area contributed by atoms with Crippen molar-refractivity contribution in [2.75, 3.05) is 24.8 Å². The molecule has 0 bridgehead atoms. The maximum absolute atomic E-state index is 14.1. The van der Waals surface area contributed by atoms with Crippen molar-refractivity contribution in [3.05, 3.63) is 51.1 Å². The zero-order valence-corrected chi connectivity index (χ0v) is 18.7. The number of carbonyl (C=O) groups is 1. The number of anilines is 2. The predicted octanol–water partition coefficient (Wildman–Crippen LogP) is 2.52. The molecule has 0 heterocycles. The molecular formula is C18H19F2IN2O6S. The van der Waals surface area contributed by atoms with Gasteiger partial charge in [0.2, 0.25) is 0 Å². The van der Waals surface area contributed by atoms with E-state index in [1.165, 1.54) is 12.1 Å². The molecule has 0 aliphatic carbocycles. The Morgan fingerprint density at radius 3 is 2.57 bits per heavy atom. The summed E-state index contributed by atoms with van der Waals surface area (Å²) in [6.45, 7) is -0.678. The first-order chi connectivity index (χ1) is 14.0. The number of primary amides is 1. The summed E-state index contributed by atoms with van der Waals surface area (Å²) in [5, 5.41) is 12.4. The minimum absolute atomic E-state index is 0.00260. The maximum atomic E-state index is 14.1. The van der Waals surface area contributed by atoms with E-state index in [1.807, 2.05) is 22.6 Å². The quantitative estimate of drug-likeness (QED) is 0.303. The number of hydrogen-bond donors (Lipinski definition) is 3. The third-order valence-corrected chi connectivity index (χ3v) is 4.93. The number of hydrogen-bond acceptors (Lipinski definition) is 7. The van der Waals surface area contributed by atoms with Crippen LogP contribution in [0.25, 0.3) is 0 Å². The van der Waals surface area contributed by atoms with Crippen LogP contribution in [-0.2, 0) is 14.3 Å². The van der Waals surface area contributed by atoms with Gasteiger partial charge in [-0.1, -0.05) is 0 Å². The van der Waals surface area contributed by atoms with Gasteiger partial charge in [-0.2, -0.15) is 8.42 Å². The van der Waals surface area contributed by atoms with Crippen molar-refractivity contribution in [3.63, 3.8) is 0 Å². The molecule has 4 N–H and O–H groups in total. The highest BCUT2D eigenvalue weighted by Gasteiger charge is 2.19. The predicted molar refractivity (Wildman–Crippen MR) is 114 cm³/mol. The molecule has 12 heteroatoms. The largest absolute Gasteiger partial charge is 0.492 e. The van der Waals surface area contributed by atoms with Gasteiger partial charge >= 0.3 is 0 Å². The smallest absolute Gasteiger partial charge is 0.264 e. The Labute approximate surface area is 185 Å². The van der Waals surface area contributed by atoms with Crippen LogP contribution in [0.1, 0.15) is 16.8 Å². The number of aliphatic hydroxyl groups excluding tert-OH is 1. The summed E-state index contributed by atoms with van der Waals surface area (Å²) in [6.07, 6.45) is -0.407. The molecule has 0 radical (unpaired) electrons. The summed E-state index contributed by atoms with van der Waals surface area (Å²) in [5.41, 5.74) is 5.09. The highest BCUT2D eigenvalue weighted by atomic mass is 127. The monoisotopic (exact) mass is 556 g/mol.